The number of benzene rings is 1. The molecule has 2 heteroatoms. The Balaban J connectivity index is 1.90. The van der Waals surface area contributed by atoms with Crippen molar-refractivity contribution >= 4 is 0 Å². The summed E-state index contributed by atoms with van der Waals surface area (Å²) in [6, 6.07) is 6.35. The number of rotatable bonds is 5. The van der Waals surface area contributed by atoms with Crippen molar-refractivity contribution in [3.63, 3.8) is 0 Å². The van der Waals surface area contributed by atoms with E-state index >= 15 is 0 Å². The second-order valence-corrected chi connectivity index (χ2v) is 4.20. The monoisotopic (exact) mass is 218 g/mol. The largest absolute Gasteiger partial charge is 0.497 e. The van der Waals surface area contributed by atoms with Gasteiger partial charge in [-0.05, 0) is 48.4 Å². The lowest BCUT2D eigenvalue weighted by atomic mass is 9.75. The lowest BCUT2D eigenvalue weighted by Crippen LogP contribution is -2.16. The van der Waals surface area contributed by atoms with Gasteiger partial charge in [0.2, 0.25) is 0 Å². The summed E-state index contributed by atoms with van der Waals surface area (Å²) in [6.45, 7) is 0.151. The molecule has 86 valence electrons. The first-order valence-electron chi connectivity index (χ1n) is 5.78. The van der Waals surface area contributed by atoms with E-state index in [-0.39, 0.29) is 6.61 Å². The van der Waals surface area contributed by atoms with Gasteiger partial charge in [0.1, 0.15) is 5.75 Å². The molecule has 1 unspecified atom stereocenters. The van der Waals surface area contributed by atoms with Crippen LogP contribution in [0, 0.1) is 0 Å². The zero-order chi connectivity index (χ0) is 11.4. The first-order chi connectivity index (χ1) is 7.85. The molecule has 1 aliphatic carbocycles. The van der Waals surface area contributed by atoms with Gasteiger partial charge >= 0.3 is 0 Å². The molecular weight excluding hydrogens is 200 g/mol. The second kappa shape index (κ2) is 5.17. The van der Waals surface area contributed by atoms with Crippen LogP contribution in [0.4, 0.5) is 0 Å². The van der Waals surface area contributed by atoms with Crippen molar-refractivity contribution in [1.29, 1.82) is 0 Å². The molecule has 0 fully saturated rings. The molecule has 0 aliphatic heterocycles. The van der Waals surface area contributed by atoms with Crippen LogP contribution in [0.2, 0.25) is 0 Å². The van der Waals surface area contributed by atoms with Crippen LogP contribution in [0.15, 0.2) is 30.4 Å². The maximum absolute atomic E-state index is 8.62. The lowest BCUT2D eigenvalue weighted by molar-refractivity contribution is 0.342. The maximum Gasteiger partial charge on any atom is 0.119 e. The molecule has 1 atom stereocenters. The Morgan fingerprint density at radius 1 is 1.44 bits per heavy atom. The smallest absolute Gasteiger partial charge is 0.119 e. The molecule has 0 amide bonds. The third kappa shape index (κ3) is 2.27. The fourth-order valence-electron chi connectivity index (χ4n) is 2.28. The SMILES string of the molecule is COc1ccc2c(c1)CC2CC/C=C/CO. The maximum atomic E-state index is 8.62. The minimum Gasteiger partial charge on any atom is -0.497 e. The van der Waals surface area contributed by atoms with Crippen LogP contribution in [0.25, 0.3) is 0 Å². The minimum atomic E-state index is 0.151. The fourth-order valence-corrected chi connectivity index (χ4v) is 2.28. The Bertz CT molecular complexity index is 382. The highest BCUT2D eigenvalue weighted by atomic mass is 16.5. The third-order valence-electron chi connectivity index (χ3n) is 3.21. The number of fused-ring (bicyclic) bond motifs is 1. The standard InChI is InChI=1S/C14H18O2/c1-16-13-6-7-14-11(9-12(14)10-13)5-3-2-4-8-15/h2,4,6-7,10-11,15H,3,5,8-9H2,1H3/b4-2+. The van der Waals surface area contributed by atoms with Gasteiger partial charge in [-0.3, -0.25) is 0 Å². The van der Waals surface area contributed by atoms with E-state index in [1.165, 1.54) is 24.0 Å². The van der Waals surface area contributed by atoms with E-state index < -0.39 is 0 Å². The van der Waals surface area contributed by atoms with Gasteiger partial charge in [-0.1, -0.05) is 18.2 Å². The quantitative estimate of drug-likeness (QED) is 0.770. The first kappa shape index (κ1) is 11.2. The molecule has 0 aromatic heterocycles. The van der Waals surface area contributed by atoms with Gasteiger partial charge in [0.25, 0.3) is 0 Å². The van der Waals surface area contributed by atoms with E-state index in [4.69, 9.17) is 9.84 Å². The number of ether oxygens (including phenoxy) is 1. The van der Waals surface area contributed by atoms with Gasteiger partial charge in [-0.15, -0.1) is 0 Å². The Labute approximate surface area is 96.6 Å². The van der Waals surface area contributed by atoms with Gasteiger partial charge in [0.05, 0.1) is 13.7 Å². The van der Waals surface area contributed by atoms with E-state index in [1.54, 1.807) is 7.11 Å². The molecule has 0 saturated carbocycles. The molecule has 0 saturated heterocycles. The summed E-state index contributed by atoms with van der Waals surface area (Å²) in [7, 11) is 1.71. The third-order valence-corrected chi connectivity index (χ3v) is 3.21. The highest BCUT2D eigenvalue weighted by Crippen LogP contribution is 2.40. The highest BCUT2D eigenvalue weighted by molar-refractivity contribution is 5.44. The zero-order valence-corrected chi connectivity index (χ0v) is 9.65. The van der Waals surface area contributed by atoms with E-state index in [9.17, 15) is 0 Å². The number of methoxy groups -OCH3 is 1. The van der Waals surface area contributed by atoms with Crippen LogP contribution in [-0.2, 0) is 6.42 Å². The molecule has 1 aromatic rings. The molecule has 2 nitrogen and oxygen atoms in total. The van der Waals surface area contributed by atoms with Crippen molar-refractivity contribution in [2.75, 3.05) is 13.7 Å². The normalized spacial score (nSPS) is 18.2. The molecule has 0 radical (unpaired) electrons. The number of allylic oxidation sites excluding steroid dienone is 1. The Morgan fingerprint density at radius 2 is 2.31 bits per heavy atom. The zero-order valence-electron chi connectivity index (χ0n) is 9.65. The van der Waals surface area contributed by atoms with Crippen LogP contribution in [0.5, 0.6) is 5.75 Å². The van der Waals surface area contributed by atoms with Crippen LogP contribution < -0.4 is 4.74 Å². The molecule has 1 aliphatic rings. The molecule has 1 N–H and O–H groups in total. The molecule has 0 bridgehead atoms. The predicted molar refractivity (Wildman–Crippen MR) is 64.9 cm³/mol. The van der Waals surface area contributed by atoms with Crippen molar-refractivity contribution < 1.29 is 9.84 Å². The van der Waals surface area contributed by atoms with Gasteiger partial charge in [-0.2, -0.15) is 0 Å². The summed E-state index contributed by atoms with van der Waals surface area (Å²) in [5.74, 6) is 1.65. The average Bonchev–Trinajstić information content (AvgIpc) is 2.29. The van der Waals surface area contributed by atoms with Crippen molar-refractivity contribution in [2.24, 2.45) is 0 Å². The van der Waals surface area contributed by atoms with Crippen molar-refractivity contribution in [1.82, 2.24) is 0 Å². The number of hydrogen-bond acceptors (Lipinski definition) is 2. The number of aliphatic hydroxyl groups is 1. The van der Waals surface area contributed by atoms with E-state index in [1.807, 2.05) is 12.1 Å². The Hall–Kier alpha value is -1.28. The molecule has 0 spiro atoms. The van der Waals surface area contributed by atoms with Crippen LogP contribution in [0.3, 0.4) is 0 Å². The summed E-state index contributed by atoms with van der Waals surface area (Å²) in [4.78, 5) is 0. The van der Waals surface area contributed by atoms with Crippen molar-refractivity contribution in [3.05, 3.63) is 41.5 Å². The molecule has 16 heavy (non-hydrogen) atoms. The summed E-state index contributed by atoms with van der Waals surface area (Å²) < 4.78 is 5.19. The van der Waals surface area contributed by atoms with E-state index in [2.05, 4.69) is 18.2 Å². The predicted octanol–water partition coefficient (Wildman–Crippen LogP) is 2.66. The van der Waals surface area contributed by atoms with E-state index in [0.717, 1.165) is 12.2 Å². The van der Waals surface area contributed by atoms with Crippen molar-refractivity contribution in [2.45, 2.75) is 25.2 Å². The number of hydrogen-bond donors (Lipinski definition) is 1. The Kier molecular flexibility index (Phi) is 3.62. The molecule has 0 heterocycles. The van der Waals surface area contributed by atoms with Gasteiger partial charge in [0, 0.05) is 0 Å². The van der Waals surface area contributed by atoms with Gasteiger partial charge in [0.15, 0.2) is 0 Å². The highest BCUT2D eigenvalue weighted by Gasteiger charge is 2.25. The lowest BCUT2D eigenvalue weighted by Gasteiger charge is -2.30. The summed E-state index contributed by atoms with van der Waals surface area (Å²) in [5, 5.41) is 8.62. The minimum absolute atomic E-state index is 0.151. The van der Waals surface area contributed by atoms with Crippen molar-refractivity contribution in [3.8, 4) is 5.75 Å². The summed E-state index contributed by atoms with van der Waals surface area (Å²) >= 11 is 0. The van der Waals surface area contributed by atoms with Crippen LogP contribution in [-0.4, -0.2) is 18.8 Å². The first-order valence-corrected chi connectivity index (χ1v) is 5.78. The molecular formula is C14H18O2. The topological polar surface area (TPSA) is 29.5 Å². The second-order valence-electron chi connectivity index (χ2n) is 4.20. The number of aliphatic hydroxyl groups excluding tert-OH is 1. The molecule has 2 rings (SSSR count). The Morgan fingerprint density at radius 3 is 3.00 bits per heavy atom. The van der Waals surface area contributed by atoms with Crippen LogP contribution in [0.1, 0.15) is 29.9 Å². The van der Waals surface area contributed by atoms with Gasteiger partial charge < -0.3 is 9.84 Å². The fraction of sp³-hybridized carbons (Fsp3) is 0.429. The molecule has 1 aromatic carbocycles. The average molecular weight is 218 g/mol. The summed E-state index contributed by atoms with van der Waals surface area (Å²) in [6.07, 6.45) is 7.27. The van der Waals surface area contributed by atoms with Crippen LogP contribution >= 0.6 is 0 Å². The summed E-state index contributed by atoms with van der Waals surface area (Å²) in [5.41, 5.74) is 2.90. The van der Waals surface area contributed by atoms with Gasteiger partial charge in [-0.25, -0.2) is 0 Å². The van der Waals surface area contributed by atoms with E-state index in [0.29, 0.717) is 5.92 Å².